The Labute approximate surface area is 186 Å². The summed E-state index contributed by atoms with van der Waals surface area (Å²) in [6, 6.07) is 12.8. The highest BCUT2D eigenvalue weighted by Gasteiger charge is 2.50. The topological polar surface area (TPSA) is 58.7 Å². The third-order valence-electron chi connectivity index (χ3n) is 4.74. The molecule has 8 heteroatoms. The average Bonchev–Trinajstić information content (AvgIpc) is 3.08. The van der Waals surface area contributed by atoms with Crippen molar-refractivity contribution in [1.29, 1.82) is 0 Å². The van der Waals surface area contributed by atoms with Crippen molar-refractivity contribution in [2.45, 2.75) is 38.5 Å². The zero-order chi connectivity index (χ0) is 21.2. The Balaban J connectivity index is 0.00000320. The molecule has 0 aliphatic carbocycles. The third-order valence-corrected chi connectivity index (χ3v) is 6.18. The van der Waals surface area contributed by atoms with Crippen LogP contribution in [-0.2, 0) is 9.67 Å². The fourth-order valence-corrected chi connectivity index (χ4v) is 4.63. The normalized spacial score (nSPS) is 18.7. The highest BCUT2D eigenvalue weighted by Crippen LogP contribution is 2.51. The number of nitrogens with two attached hydrogens (primary N) is 1. The molecule has 1 aliphatic heterocycles. The standard InChI is InChI=1S/C22H25F2N3OS.ClH/c1-21(2,3)20(28)27-22(12-7-13-25,15-8-5-4-6-9-15)29-19(26-27)17-14-16(23)10-11-18(17)24;/h4-6,8-11,14H,7,12-13,25H2,1-3H3;1H. The van der Waals surface area contributed by atoms with Gasteiger partial charge < -0.3 is 5.73 Å². The molecule has 0 aromatic heterocycles. The van der Waals surface area contributed by atoms with E-state index in [2.05, 4.69) is 5.10 Å². The molecule has 0 fully saturated rings. The summed E-state index contributed by atoms with van der Waals surface area (Å²) in [5.74, 6) is -1.33. The number of hydrogen-bond acceptors (Lipinski definition) is 4. The molecule has 0 bridgehead atoms. The van der Waals surface area contributed by atoms with Crippen molar-refractivity contribution in [2.75, 3.05) is 6.54 Å². The quantitative estimate of drug-likeness (QED) is 0.671. The summed E-state index contributed by atoms with van der Waals surface area (Å²) in [5.41, 5.74) is 5.99. The summed E-state index contributed by atoms with van der Waals surface area (Å²) in [6.07, 6.45) is 1.17. The second kappa shape index (κ2) is 9.45. The van der Waals surface area contributed by atoms with E-state index in [1.165, 1.54) is 16.8 Å². The zero-order valence-electron chi connectivity index (χ0n) is 17.2. The van der Waals surface area contributed by atoms with Gasteiger partial charge in [-0.15, -0.1) is 12.4 Å². The SMILES string of the molecule is CC(C)(C)C(=O)N1N=C(c2cc(F)ccc2F)SC1(CCCN)c1ccccc1.Cl. The maximum atomic E-state index is 14.5. The van der Waals surface area contributed by atoms with Crippen molar-refractivity contribution < 1.29 is 13.6 Å². The van der Waals surface area contributed by atoms with E-state index in [4.69, 9.17) is 5.73 Å². The number of benzene rings is 2. The molecule has 30 heavy (non-hydrogen) atoms. The Morgan fingerprint density at radius 3 is 2.43 bits per heavy atom. The largest absolute Gasteiger partial charge is 0.330 e. The molecule has 1 aliphatic rings. The van der Waals surface area contributed by atoms with Gasteiger partial charge in [-0.25, -0.2) is 13.8 Å². The first-order valence-electron chi connectivity index (χ1n) is 9.52. The highest BCUT2D eigenvalue weighted by molar-refractivity contribution is 8.15. The molecule has 3 rings (SSSR count). The number of carbonyl (C=O) groups is 1. The van der Waals surface area contributed by atoms with Crippen LogP contribution in [0.15, 0.2) is 53.6 Å². The van der Waals surface area contributed by atoms with Crippen LogP contribution in [-0.4, -0.2) is 22.5 Å². The molecular weight excluding hydrogens is 428 g/mol. The Hall–Kier alpha value is -1.96. The van der Waals surface area contributed by atoms with Gasteiger partial charge in [0.05, 0.1) is 0 Å². The van der Waals surface area contributed by atoms with Crippen molar-refractivity contribution in [3.8, 4) is 0 Å². The molecule has 0 spiro atoms. The van der Waals surface area contributed by atoms with Crippen molar-refractivity contribution in [1.82, 2.24) is 5.01 Å². The summed E-state index contributed by atoms with van der Waals surface area (Å²) in [7, 11) is 0. The smallest absolute Gasteiger partial charge is 0.249 e. The van der Waals surface area contributed by atoms with E-state index >= 15 is 0 Å². The molecule has 4 nitrogen and oxygen atoms in total. The maximum Gasteiger partial charge on any atom is 0.249 e. The minimum absolute atomic E-state index is 0. The number of rotatable bonds is 5. The first kappa shape index (κ1) is 24.3. The molecule has 1 heterocycles. The van der Waals surface area contributed by atoms with Gasteiger partial charge in [0.15, 0.2) is 0 Å². The molecule has 2 aromatic carbocycles. The number of halogens is 3. The molecule has 0 saturated heterocycles. The molecule has 2 aromatic rings. The number of thioether (sulfide) groups is 1. The highest BCUT2D eigenvalue weighted by atomic mass is 35.5. The van der Waals surface area contributed by atoms with E-state index in [-0.39, 0.29) is 28.9 Å². The predicted molar refractivity (Wildman–Crippen MR) is 120 cm³/mol. The second-order valence-corrected chi connectivity index (χ2v) is 9.31. The van der Waals surface area contributed by atoms with Crippen LogP contribution in [0.4, 0.5) is 8.78 Å². The van der Waals surface area contributed by atoms with E-state index in [0.717, 1.165) is 23.8 Å². The molecule has 1 amide bonds. The lowest BCUT2D eigenvalue weighted by molar-refractivity contribution is -0.143. The van der Waals surface area contributed by atoms with Crippen LogP contribution in [0.1, 0.15) is 44.7 Å². The molecule has 0 saturated carbocycles. The lowest BCUT2D eigenvalue weighted by Crippen LogP contribution is -2.46. The van der Waals surface area contributed by atoms with Crippen molar-refractivity contribution in [2.24, 2.45) is 16.3 Å². The number of hydrogen-bond donors (Lipinski definition) is 1. The van der Waals surface area contributed by atoms with Gasteiger partial charge in [0.1, 0.15) is 21.5 Å². The first-order valence-corrected chi connectivity index (χ1v) is 10.3. The van der Waals surface area contributed by atoms with Crippen LogP contribution in [0.3, 0.4) is 0 Å². The van der Waals surface area contributed by atoms with Crippen LogP contribution in [0, 0.1) is 17.0 Å². The van der Waals surface area contributed by atoms with Gasteiger partial charge in [-0.2, -0.15) is 5.10 Å². The minimum Gasteiger partial charge on any atom is -0.330 e. The van der Waals surface area contributed by atoms with Crippen LogP contribution < -0.4 is 5.73 Å². The van der Waals surface area contributed by atoms with Gasteiger partial charge in [0.2, 0.25) is 5.91 Å². The molecule has 1 unspecified atom stereocenters. The fourth-order valence-electron chi connectivity index (χ4n) is 3.22. The van der Waals surface area contributed by atoms with E-state index < -0.39 is 21.9 Å². The molecule has 2 N–H and O–H groups in total. The maximum absolute atomic E-state index is 14.5. The summed E-state index contributed by atoms with van der Waals surface area (Å²) >= 11 is 1.27. The fraction of sp³-hybridized carbons (Fsp3) is 0.364. The van der Waals surface area contributed by atoms with Gasteiger partial charge >= 0.3 is 0 Å². The van der Waals surface area contributed by atoms with E-state index in [1.807, 2.05) is 51.1 Å². The Bertz CT molecular complexity index is 934. The van der Waals surface area contributed by atoms with Crippen molar-refractivity contribution in [3.63, 3.8) is 0 Å². The monoisotopic (exact) mass is 453 g/mol. The van der Waals surface area contributed by atoms with Crippen LogP contribution in [0.25, 0.3) is 0 Å². The van der Waals surface area contributed by atoms with Crippen LogP contribution >= 0.6 is 24.2 Å². The van der Waals surface area contributed by atoms with Crippen molar-refractivity contribution in [3.05, 3.63) is 71.3 Å². The number of carbonyl (C=O) groups excluding carboxylic acids is 1. The number of hydrazone groups is 1. The third kappa shape index (κ3) is 4.68. The second-order valence-electron chi connectivity index (χ2n) is 8.04. The lowest BCUT2D eigenvalue weighted by atomic mass is 9.92. The minimum atomic E-state index is -0.876. The molecular formula is C22H26ClF2N3OS. The predicted octanol–water partition coefficient (Wildman–Crippen LogP) is 5.26. The summed E-state index contributed by atoms with van der Waals surface area (Å²) in [4.78, 5) is 12.5. The molecule has 162 valence electrons. The van der Waals surface area contributed by atoms with E-state index in [0.29, 0.717) is 19.4 Å². The van der Waals surface area contributed by atoms with Gasteiger partial charge in [-0.05, 0) is 43.1 Å². The Morgan fingerprint density at radius 2 is 1.83 bits per heavy atom. The average molecular weight is 454 g/mol. The van der Waals surface area contributed by atoms with E-state index in [9.17, 15) is 13.6 Å². The van der Waals surface area contributed by atoms with Crippen LogP contribution in [0.5, 0.6) is 0 Å². The van der Waals surface area contributed by atoms with Gasteiger partial charge in [-0.3, -0.25) is 4.79 Å². The Morgan fingerprint density at radius 1 is 1.17 bits per heavy atom. The number of nitrogens with zero attached hydrogens (tertiary/aromatic N) is 2. The summed E-state index contributed by atoms with van der Waals surface area (Å²) in [5, 5.41) is 6.25. The first-order chi connectivity index (χ1) is 13.7. The van der Waals surface area contributed by atoms with Gasteiger partial charge in [0, 0.05) is 11.0 Å². The number of amides is 1. The van der Waals surface area contributed by atoms with Gasteiger partial charge in [0.25, 0.3) is 0 Å². The van der Waals surface area contributed by atoms with Gasteiger partial charge in [-0.1, -0.05) is 62.9 Å². The Kier molecular flexibility index (Phi) is 7.66. The lowest BCUT2D eigenvalue weighted by Gasteiger charge is -2.38. The van der Waals surface area contributed by atoms with E-state index in [1.54, 1.807) is 0 Å². The summed E-state index contributed by atoms with van der Waals surface area (Å²) < 4.78 is 28.3. The molecule has 0 radical (unpaired) electrons. The summed E-state index contributed by atoms with van der Waals surface area (Å²) in [6.45, 7) is 5.88. The van der Waals surface area contributed by atoms with Crippen LogP contribution in [0.2, 0.25) is 0 Å². The molecule has 1 atom stereocenters. The van der Waals surface area contributed by atoms with Crippen molar-refractivity contribution >= 4 is 35.1 Å². The zero-order valence-corrected chi connectivity index (χ0v) is 18.8.